The van der Waals surface area contributed by atoms with E-state index >= 15 is 0 Å². The molecule has 1 N–H and O–H groups in total. The van der Waals surface area contributed by atoms with Gasteiger partial charge < -0.3 is 5.32 Å². The first-order chi connectivity index (χ1) is 11.5. The molecule has 126 valence electrons. The summed E-state index contributed by atoms with van der Waals surface area (Å²) in [4.78, 5) is 12.5. The molecule has 1 fully saturated rings. The fourth-order valence-electron chi connectivity index (χ4n) is 4.89. The van der Waals surface area contributed by atoms with Crippen LogP contribution >= 0.6 is 0 Å². The highest BCUT2D eigenvalue weighted by Crippen LogP contribution is 2.61. The molecule has 2 aromatic rings. The Labute approximate surface area is 141 Å². The van der Waals surface area contributed by atoms with Crippen LogP contribution in [0.25, 0.3) is 0 Å². The minimum absolute atomic E-state index is 0.0151. The van der Waals surface area contributed by atoms with E-state index in [0.29, 0.717) is 23.7 Å². The van der Waals surface area contributed by atoms with Gasteiger partial charge in [-0.1, -0.05) is 26.0 Å². The number of anilines is 1. The third kappa shape index (κ3) is 2.18. The van der Waals surface area contributed by atoms with E-state index in [0.717, 1.165) is 5.69 Å². The fraction of sp³-hybridized carbons (Fsp3) is 0.474. The lowest BCUT2D eigenvalue weighted by Crippen LogP contribution is -2.16. The zero-order chi connectivity index (χ0) is 17.0. The number of aromatic nitrogens is 2. The summed E-state index contributed by atoms with van der Waals surface area (Å²) >= 11 is 0. The van der Waals surface area contributed by atoms with Gasteiger partial charge in [-0.05, 0) is 53.7 Å². The van der Waals surface area contributed by atoms with E-state index in [-0.39, 0.29) is 5.56 Å². The average molecular weight is 327 g/mol. The summed E-state index contributed by atoms with van der Waals surface area (Å²) in [6, 6.07) is 6.12. The summed E-state index contributed by atoms with van der Waals surface area (Å²) in [6.45, 7) is 4.57. The Morgan fingerprint density at radius 2 is 2.08 bits per heavy atom. The molecule has 1 saturated carbocycles. The minimum atomic E-state index is -0.732. The molecule has 0 radical (unpaired) electrons. The van der Waals surface area contributed by atoms with Crippen LogP contribution < -0.4 is 5.32 Å². The van der Waals surface area contributed by atoms with Gasteiger partial charge in [-0.3, -0.25) is 9.48 Å². The minimum Gasteiger partial charge on any atom is -0.322 e. The second-order valence-corrected chi connectivity index (χ2v) is 7.38. The van der Waals surface area contributed by atoms with Gasteiger partial charge in [0.2, 0.25) is 5.95 Å². The number of rotatable bonds is 3. The predicted molar refractivity (Wildman–Crippen MR) is 90.6 cm³/mol. The van der Waals surface area contributed by atoms with Gasteiger partial charge in [-0.2, -0.15) is 4.39 Å². The number of fused-ring (bicyclic) bond motifs is 5. The molecule has 0 spiro atoms. The molecule has 24 heavy (non-hydrogen) atoms. The highest BCUT2D eigenvalue weighted by atomic mass is 19.1. The lowest BCUT2D eigenvalue weighted by molar-refractivity contribution is 0.102. The van der Waals surface area contributed by atoms with Gasteiger partial charge >= 0.3 is 0 Å². The Morgan fingerprint density at radius 1 is 1.33 bits per heavy atom. The molecule has 1 heterocycles. The van der Waals surface area contributed by atoms with Crippen LogP contribution in [-0.2, 0) is 7.05 Å². The number of carbonyl (C=O) groups is 1. The zero-order valence-corrected chi connectivity index (χ0v) is 14.2. The molecule has 4 nitrogen and oxygen atoms in total. The van der Waals surface area contributed by atoms with Crippen molar-refractivity contribution in [1.29, 1.82) is 0 Å². The molecule has 2 aliphatic carbocycles. The molecule has 0 aliphatic heterocycles. The van der Waals surface area contributed by atoms with E-state index in [1.165, 1.54) is 34.8 Å². The lowest BCUT2D eigenvalue weighted by atomic mass is 9.85. The first kappa shape index (κ1) is 15.4. The highest BCUT2D eigenvalue weighted by Gasteiger charge is 2.47. The Kier molecular flexibility index (Phi) is 3.48. The standard InChI is InChI=1S/C19H22FN3O/c1-10(2)16-12-7-8-13(16)17-11(12)5-4-6-15(17)21-19(24)14-9-23(3)22-18(14)20/h4-6,9-10,12-13,16H,7-8H2,1-3H3,(H,21,24). The van der Waals surface area contributed by atoms with Gasteiger partial charge in [-0.25, -0.2) is 0 Å². The van der Waals surface area contributed by atoms with Crippen molar-refractivity contribution in [1.82, 2.24) is 9.78 Å². The van der Waals surface area contributed by atoms with Gasteiger partial charge in [0.05, 0.1) is 0 Å². The summed E-state index contributed by atoms with van der Waals surface area (Å²) in [5.74, 6) is 1.20. The van der Waals surface area contributed by atoms with E-state index in [1.54, 1.807) is 7.05 Å². The number of nitrogens with zero attached hydrogens (tertiary/aromatic N) is 2. The van der Waals surface area contributed by atoms with Crippen molar-refractivity contribution in [2.24, 2.45) is 18.9 Å². The van der Waals surface area contributed by atoms with E-state index in [1.807, 2.05) is 12.1 Å². The molecule has 2 bridgehead atoms. The average Bonchev–Trinajstić information content (AvgIpc) is 3.19. The van der Waals surface area contributed by atoms with Gasteiger partial charge in [0.15, 0.2) is 0 Å². The van der Waals surface area contributed by atoms with Crippen molar-refractivity contribution in [3.05, 3.63) is 47.0 Å². The second-order valence-electron chi connectivity index (χ2n) is 7.38. The summed E-state index contributed by atoms with van der Waals surface area (Å²) < 4.78 is 15.1. The van der Waals surface area contributed by atoms with Crippen LogP contribution in [0.5, 0.6) is 0 Å². The van der Waals surface area contributed by atoms with Gasteiger partial charge in [0.25, 0.3) is 5.91 Å². The quantitative estimate of drug-likeness (QED) is 0.924. The number of halogens is 1. The van der Waals surface area contributed by atoms with Crippen molar-refractivity contribution in [2.75, 3.05) is 5.32 Å². The summed E-state index contributed by atoms with van der Waals surface area (Å²) in [6.07, 6.45) is 3.82. The molecule has 4 rings (SSSR count). The maximum atomic E-state index is 13.8. The molecule has 3 atom stereocenters. The fourth-order valence-corrected chi connectivity index (χ4v) is 4.89. The molecule has 3 unspecified atom stereocenters. The number of benzene rings is 1. The maximum Gasteiger partial charge on any atom is 0.261 e. The molecule has 2 aliphatic rings. The van der Waals surface area contributed by atoms with Gasteiger partial charge in [-0.15, -0.1) is 5.10 Å². The molecule has 5 heteroatoms. The Bertz CT molecular complexity index is 811. The lowest BCUT2D eigenvalue weighted by Gasteiger charge is -2.21. The van der Waals surface area contributed by atoms with Crippen LogP contribution in [0.1, 0.15) is 60.0 Å². The topological polar surface area (TPSA) is 46.9 Å². The van der Waals surface area contributed by atoms with E-state index < -0.39 is 11.9 Å². The Hall–Kier alpha value is -2.17. The van der Waals surface area contributed by atoms with E-state index in [9.17, 15) is 9.18 Å². The number of aryl methyl sites for hydroxylation is 1. The van der Waals surface area contributed by atoms with E-state index in [4.69, 9.17) is 0 Å². The number of hydrogen-bond donors (Lipinski definition) is 1. The number of hydrogen-bond acceptors (Lipinski definition) is 2. The molecule has 0 saturated heterocycles. The maximum absolute atomic E-state index is 13.8. The van der Waals surface area contributed by atoms with Crippen molar-refractivity contribution in [2.45, 2.75) is 38.5 Å². The van der Waals surface area contributed by atoms with E-state index in [2.05, 4.69) is 30.3 Å². The molecule has 1 aromatic carbocycles. The summed E-state index contributed by atoms with van der Waals surface area (Å²) in [5.41, 5.74) is 3.46. The summed E-state index contributed by atoms with van der Waals surface area (Å²) in [5, 5.41) is 6.53. The molecule has 1 aromatic heterocycles. The summed E-state index contributed by atoms with van der Waals surface area (Å²) in [7, 11) is 1.60. The monoisotopic (exact) mass is 327 g/mol. The van der Waals surface area contributed by atoms with Crippen molar-refractivity contribution in [3.63, 3.8) is 0 Å². The highest BCUT2D eigenvalue weighted by molar-refractivity contribution is 6.04. The predicted octanol–water partition coefficient (Wildman–Crippen LogP) is 4.06. The largest absolute Gasteiger partial charge is 0.322 e. The first-order valence-electron chi connectivity index (χ1n) is 8.60. The zero-order valence-electron chi connectivity index (χ0n) is 14.2. The van der Waals surface area contributed by atoms with Crippen molar-refractivity contribution < 1.29 is 9.18 Å². The van der Waals surface area contributed by atoms with Crippen molar-refractivity contribution in [3.8, 4) is 0 Å². The Morgan fingerprint density at radius 3 is 2.75 bits per heavy atom. The first-order valence-corrected chi connectivity index (χ1v) is 8.60. The van der Waals surface area contributed by atoms with Gasteiger partial charge in [0, 0.05) is 18.9 Å². The number of nitrogens with one attached hydrogen (secondary N) is 1. The van der Waals surface area contributed by atoms with Crippen LogP contribution in [0, 0.1) is 17.8 Å². The number of amides is 1. The third-order valence-electron chi connectivity index (χ3n) is 5.67. The molecular weight excluding hydrogens is 305 g/mol. The van der Waals surface area contributed by atoms with Gasteiger partial charge in [0.1, 0.15) is 5.56 Å². The smallest absolute Gasteiger partial charge is 0.261 e. The molecular formula is C19H22FN3O. The Balaban J connectivity index is 1.68. The van der Waals surface area contributed by atoms with Crippen LogP contribution in [-0.4, -0.2) is 15.7 Å². The second kappa shape index (κ2) is 5.43. The van der Waals surface area contributed by atoms with Crippen molar-refractivity contribution >= 4 is 11.6 Å². The van der Waals surface area contributed by atoms with Crippen LogP contribution in [0.3, 0.4) is 0 Å². The number of carbonyl (C=O) groups excluding carboxylic acids is 1. The third-order valence-corrected chi connectivity index (χ3v) is 5.67. The van der Waals surface area contributed by atoms with Crippen LogP contribution in [0.15, 0.2) is 24.4 Å². The SMILES string of the molecule is CC(C)C1C2CCC1c1c(NC(=O)c3cn(C)nc3F)cccc12. The normalized spacial score (nSPS) is 24.5. The molecule has 1 amide bonds. The van der Waals surface area contributed by atoms with Crippen LogP contribution in [0.4, 0.5) is 10.1 Å². The van der Waals surface area contributed by atoms with Crippen LogP contribution in [0.2, 0.25) is 0 Å².